The van der Waals surface area contributed by atoms with Crippen LogP contribution in [0.3, 0.4) is 0 Å². The second-order valence-electron chi connectivity index (χ2n) is 10.8. The van der Waals surface area contributed by atoms with E-state index in [9.17, 15) is 0 Å². The number of hydrogen-bond acceptors (Lipinski definition) is 3. The zero-order valence-corrected chi connectivity index (χ0v) is 23.4. The standard InChI is InChI=1S/C38H27N3O/c1-24-22-28(26-12-5-3-6-13-26)23-25(2)35(24)41-34-19-10-9-18-33(34)39-37(41)31-17-11-16-29-30-20-21-32(27-14-7-4-8-15-27)40-38(30)42-36(29)31/h3-23H,1-2H3. The molecule has 0 aliphatic carbocycles. The molecule has 8 aromatic rings. The number of furan rings is 1. The van der Waals surface area contributed by atoms with Crippen molar-refractivity contribution in [2.75, 3.05) is 0 Å². The Morgan fingerprint density at radius 2 is 1.26 bits per heavy atom. The first kappa shape index (κ1) is 24.3. The molecular formula is C38H27N3O. The monoisotopic (exact) mass is 541 g/mol. The van der Waals surface area contributed by atoms with E-state index in [1.54, 1.807) is 0 Å². The van der Waals surface area contributed by atoms with Crippen LogP contribution in [0.1, 0.15) is 11.1 Å². The van der Waals surface area contributed by atoms with Crippen molar-refractivity contribution in [3.05, 3.63) is 139 Å². The summed E-state index contributed by atoms with van der Waals surface area (Å²) in [6.07, 6.45) is 0. The smallest absolute Gasteiger partial charge is 0.227 e. The molecule has 0 saturated heterocycles. The zero-order chi connectivity index (χ0) is 28.2. The Morgan fingerprint density at radius 1 is 0.571 bits per heavy atom. The quantitative estimate of drug-likeness (QED) is 0.223. The topological polar surface area (TPSA) is 43.9 Å². The number of aryl methyl sites for hydroxylation is 2. The third kappa shape index (κ3) is 3.84. The van der Waals surface area contributed by atoms with Gasteiger partial charge in [-0.3, -0.25) is 4.57 Å². The number of hydrogen-bond donors (Lipinski definition) is 0. The number of fused-ring (bicyclic) bond motifs is 4. The summed E-state index contributed by atoms with van der Waals surface area (Å²) in [5, 5.41) is 2.02. The lowest BCUT2D eigenvalue weighted by Crippen LogP contribution is -2.03. The van der Waals surface area contributed by atoms with E-state index in [4.69, 9.17) is 14.4 Å². The van der Waals surface area contributed by atoms with Gasteiger partial charge in [0.2, 0.25) is 5.71 Å². The molecule has 0 aliphatic heterocycles. The van der Waals surface area contributed by atoms with Crippen molar-refractivity contribution >= 4 is 33.1 Å². The lowest BCUT2D eigenvalue weighted by atomic mass is 9.98. The van der Waals surface area contributed by atoms with Gasteiger partial charge in [-0.05, 0) is 78.6 Å². The van der Waals surface area contributed by atoms with Gasteiger partial charge in [0.05, 0.1) is 28.0 Å². The molecule has 200 valence electrons. The van der Waals surface area contributed by atoms with E-state index in [-0.39, 0.29) is 0 Å². The molecule has 0 atom stereocenters. The van der Waals surface area contributed by atoms with Crippen LogP contribution < -0.4 is 0 Å². The van der Waals surface area contributed by atoms with Crippen LogP contribution in [0.25, 0.3) is 72.6 Å². The van der Waals surface area contributed by atoms with Crippen LogP contribution in [-0.2, 0) is 0 Å². The van der Waals surface area contributed by atoms with Crippen LogP contribution in [0.15, 0.2) is 132 Å². The number of benzene rings is 5. The van der Waals surface area contributed by atoms with Crippen LogP contribution in [0.5, 0.6) is 0 Å². The summed E-state index contributed by atoms with van der Waals surface area (Å²) in [5.41, 5.74) is 12.2. The summed E-state index contributed by atoms with van der Waals surface area (Å²) in [7, 11) is 0. The van der Waals surface area contributed by atoms with E-state index < -0.39 is 0 Å². The van der Waals surface area contributed by atoms with Gasteiger partial charge in [0.15, 0.2) is 0 Å². The number of imidazole rings is 1. The highest BCUT2D eigenvalue weighted by Crippen LogP contribution is 2.39. The van der Waals surface area contributed by atoms with Gasteiger partial charge in [-0.25, -0.2) is 9.97 Å². The maximum atomic E-state index is 6.56. The molecule has 0 radical (unpaired) electrons. The maximum Gasteiger partial charge on any atom is 0.227 e. The van der Waals surface area contributed by atoms with Crippen molar-refractivity contribution in [3.63, 3.8) is 0 Å². The summed E-state index contributed by atoms with van der Waals surface area (Å²) >= 11 is 0. The number of pyridine rings is 1. The predicted octanol–water partition coefficient (Wildman–Crippen LogP) is 9.94. The molecule has 4 nitrogen and oxygen atoms in total. The molecule has 0 amide bonds. The van der Waals surface area contributed by atoms with Gasteiger partial charge in [0, 0.05) is 16.3 Å². The minimum atomic E-state index is 0.626. The summed E-state index contributed by atoms with van der Waals surface area (Å²) < 4.78 is 8.85. The fraction of sp³-hybridized carbons (Fsp3) is 0.0526. The van der Waals surface area contributed by atoms with E-state index in [1.165, 1.54) is 22.3 Å². The van der Waals surface area contributed by atoms with Crippen LogP contribution in [0, 0.1) is 13.8 Å². The van der Waals surface area contributed by atoms with Crippen molar-refractivity contribution in [1.29, 1.82) is 0 Å². The predicted molar refractivity (Wildman–Crippen MR) is 172 cm³/mol. The average molecular weight is 542 g/mol. The summed E-state index contributed by atoms with van der Waals surface area (Å²) in [5.74, 6) is 0.850. The molecular weight excluding hydrogens is 514 g/mol. The van der Waals surface area contributed by atoms with Gasteiger partial charge in [0.25, 0.3) is 0 Å². The first-order valence-electron chi connectivity index (χ1n) is 14.2. The first-order valence-corrected chi connectivity index (χ1v) is 14.2. The maximum absolute atomic E-state index is 6.56. The second-order valence-corrected chi connectivity index (χ2v) is 10.8. The molecule has 0 spiro atoms. The molecule has 0 N–H and O–H groups in total. The average Bonchev–Trinajstić information content (AvgIpc) is 3.60. The normalized spacial score (nSPS) is 11.6. The Labute approximate surface area is 243 Å². The molecule has 0 aliphatic rings. The van der Waals surface area contributed by atoms with Crippen molar-refractivity contribution in [3.8, 4) is 39.5 Å². The van der Waals surface area contributed by atoms with Crippen LogP contribution in [0.4, 0.5) is 0 Å². The summed E-state index contributed by atoms with van der Waals surface area (Å²) in [6, 6.07) is 44.1. The molecule has 0 bridgehead atoms. The van der Waals surface area contributed by atoms with E-state index in [0.717, 1.165) is 55.7 Å². The van der Waals surface area contributed by atoms with E-state index in [2.05, 4.69) is 122 Å². The highest BCUT2D eigenvalue weighted by Gasteiger charge is 2.22. The number of aromatic nitrogens is 3. The SMILES string of the molecule is Cc1cc(-c2ccccc2)cc(C)c1-n1c(-c2cccc3c2oc2nc(-c4ccccc4)ccc23)nc2ccccc21. The lowest BCUT2D eigenvalue weighted by Gasteiger charge is -2.17. The highest BCUT2D eigenvalue weighted by molar-refractivity contribution is 6.09. The Balaban J connectivity index is 1.36. The molecule has 5 aromatic carbocycles. The van der Waals surface area contributed by atoms with Gasteiger partial charge in [-0.15, -0.1) is 0 Å². The summed E-state index contributed by atoms with van der Waals surface area (Å²) in [4.78, 5) is 10.1. The van der Waals surface area contributed by atoms with Crippen LogP contribution >= 0.6 is 0 Å². The van der Waals surface area contributed by atoms with Gasteiger partial charge in [-0.1, -0.05) is 84.9 Å². The van der Waals surface area contributed by atoms with E-state index >= 15 is 0 Å². The van der Waals surface area contributed by atoms with Gasteiger partial charge in [-0.2, -0.15) is 0 Å². The van der Waals surface area contributed by atoms with Crippen molar-refractivity contribution < 1.29 is 4.42 Å². The minimum Gasteiger partial charge on any atom is -0.437 e. The van der Waals surface area contributed by atoms with E-state index in [0.29, 0.717) is 5.71 Å². The molecule has 8 rings (SSSR count). The second kappa shape index (κ2) is 9.57. The fourth-order valence-corrected chi connectivity index (χ4v) is 6.16. The van der Waals surface area contributed by atoms with Crippen LogP contribution in [-0.4, -0.2) is 14.5 Å². The number of nitrogens with zero attached hydrogens (tertiary/aromatic N) is 3. The van der Waals surface area contributed by atoms with Crippen molar-refractivity contribution in [2.24, 2.45) is 0 Å². The largest absolute Gasteiger partial charge is 0.437 e. The number of rotatable bonds is 4. The highest BCUT2D eigenvalue weighted by atomic mass is 16.3. The van der Waals surface area contributed by atoms with Gasteiger partial charge in [0.1, 0.15) is 11.4 Å². The molecule has 42 heavy (non-hydrogen) atoms. The Morgan fingerprint density at radius 3 is 2.02 bits per heavy atom. The van der Waals surface area contributed by atoms with Crippen LogP contribution in [0.2, 0.25) is 0 Å². The first-order chi connectivity index (χ1) is 20.7. The molecule has 0 fully saturated rings. The fourth-order valence-electron chi connectivity index (χ4n) is 6.16. The summed E-state index contributed by atoms with van der Waals surface area (Å²) in [6.45, 7) is 4.37. The molecule has 0 unspecified atom stereocenters. The zero-order valence-electron chi connectivity index (χ0n) is 23.4. The van der Waals surface area contributed by atoms with Gasteiger partial charge >= 0.3 is 0 Å². The Bertz CT molecular complexity index is 2240. The third-order valence-electron chi connectivity index (χ3n) is 8.06. The molecule has 3 heterocycles. The number of para-hydroxylation sites is 3. The van der Waals surface area contributed by atoms with Crippen molar-refractivity contribution in [2.45, 2.75) is 13.8 Å². The Kier molecular flexibility index (Phi) is 5.54. The molecule has 4 heteroatoms. The minimum absolute atomic E-state index is 0.626. The lowest BCUT2D eigenvalue weighted by molar-refractivity contribution is 0.655. The molecule has 3 aromatic heterocycles. The molecule has 0 saturated carbocycles. The Hall–Kier alpha value is -5.48. The van der Waals surface area contributed by atoms with Gasteiger partial charge < -0.3 is 4.42 Å². The van der Waals surface area contributed by atoms with Crippen molar-refractivity contribution in [1.82, 2.24) is 14.5 Å². The van der Waals surface area contributed by atoms with E-state index in [1.807, 2.05) is 24.3 Å². The third-order valence-corrected chi connectivity index (χ3v) is 8.06.